The average molecular weight is 523 g/mol. The van der Waals surface area contributed by atoms with Crippen LogP contribution in [0.1, 0.15) is 28.9 Å². The number of halogens is 1. The van der Waals surface area contributed by atoms with E-state index >= 15 is 0 Å². The molecule has 0 saturated carbocycles. The maximum absolute atomic E-state index is 6.42. The summed E-state index contributed by atoms with van der Waals surface area (Å²) in [5, 5.41) is 3.23. The number of thiophene rings is 1. The number of hydrogen-bond donors (Lipinski definition) is 0. The van der Waals surface area contributed by atoms with Crippen molar-refractivity contribution in [3.8, 4) is 0 Å². The van der Waals surface area contributed by atoms with Gasteiger partial charge in [-0.05, 0) is 18.9 Å². The molecule has 2 aliphatic heterocycles. The zero-order valence-corrected chi connectivity index (χ0v) is 21.8. The topological polar surface area (TPSA) is 66.9 Å². The molecule has 0 amide bonds. The lowest BCUT2D eigenvalue weighted by molar-refractivity contribution is -0.0591. The first-order valence-electron chi connectivity index (χ1n) is 11.8. The van der Waals surface area contributed by atoms with Crippen LogP contribution in [0.25, 0.3) is 10.2 Å². The first-order chi connectivity index (χ1) is 16.7. The summed E-state index contributed by atoms with van der Waals surface area (Å²) in [7, 11) is 1.77. The van der Waals surface area contributed by atoms with Crippen LogP contribution >= 0.6 is 34.3 Å². The van der Waals surface area contributed by atoms with Crippen molar-refractivity contribution in [3.05, 3.63) is 40.1 Å². The Bertz CT molecular complexity index is 997. The van der Waals surface area contributed by atoms with Gasteiger partial charge in [-0.1, -0.05) is 11.6 Å². The van der Waals surface area contributed by atoms with Crippen LogP contribution in [0, 0.1) is 0 Å². The van der Waals surface area contributed by atoms with Crippen LogP contribution in [0.15, 0.2) is 30.2 Å². The molecule has 34 heavy (non-hydrogen) atoms. The predicted molar refractivity (Wildman–Crippen MR) is 136 cm³/mol. The number of piperidine rings is 1. The van der Waals surface area contributed by atoms with E-state index < -0.39 is 0 Å². The number of hydrogen-bond acceptors (Lipinski definition) is 10. The number of rotatable bonds is 9. The van der Waals surface area contributed by atoms with Gasteiger partial charge in [0.25, 0.3) is 0 Å². The number of nitrogens with zero attached hydrogens (tertiary/aromatic N) is 6. The molecule has 11 heteroatoms. The summed E-state index contributed by atoms with van der Waals surface area (Å²) in [6, 6.07) is 2.75. The minimum Gasteiger partial charge on any atom is -0.383 e. The van der Waals surface area contributed by atoms with E-state index in [2.05, 4.69) is 41.1 Å². The fourth-order valence-corrected chi connectivity index (χ4v) is 7.04. The molecule has 0 bridgehead atoms. The second-order valence-electron chi connectivity index (χ2n) is 8.73. The van der Waals surface area contributed by atoms with Gasteiger partial charge in [0.05, 0.1) is 36.1 Å². The van der Waals surface area contributed by atoms with E-state index in [0.29, 0.717) is 12.6 Å². The van der Waals surface area contributed by atoms with Crippen LogP contribution in [0.3, 0.4) is 0 Å². The minimum atomic E-state index is -0.272. The molecule has 0 spiro atoms. The SMILES string of the molecule is COCCN(Cc1nccs1)C1CCN(C(c2cc3ncncc3s2)N2CCOC(Cl)C2)CC1. The molecule has 3 aromatic heterocycles. The standard InChI is InChI=1S/C23H31ClN6O2S2/c1-31-9-7-29(15-22-26-4-11-33-22)17-2-5-28(6-3-17)23(30-8-10-32-21(24)14-30)19-12-18-20(34-19)13-25-16-27-18/h4,11-13,16-17,21,23H,2-3,5-10,14-15H2,1H3. The number of thiazole rings is 1. The fraction of sp³-hybridized carbons (Fsp3) is 0.609. The van der Waals surface area contributed by atoms with Gasteiger partial charge in [-0.3, -0.25) is 14.7 Å². The molecule has 2 atom stereocenters. The van der Waals surface area contributed by atoms with Crippen molar-refractivity contribution < 1.29 is 9.47 Å². The fourth-order valence-electron chi connectivity index (χ4n) is 4.97. The predicted octanol–water partition coefficient (Wildman–Crippen LogP) is 3.66. The molecule has 0 radical (unpaired) electrons. The monoisotopic (exact) mass is 522 g/mol. The molecule has 3 aromatic rings. The molecular weight excluding hydrogens is 492 g/mol. The van der Waals surface area contributed by atoms with Gasteiger partial charge >= 0.3 is 0 Å². The summed E-state index contributed by atoms with van der Waals surface area (Å²) in [5.41, 5.74) is 0.741. The molecule has 2 fully saturated rings. The third kappa shape index (κ3) is 5.76. The average Bonchev–Trinajstić information content (AvgIpc) is 3.52. The Balaban J connectivity index is 1.32. The Morgan fingerprint density at radius 1 is 1.26 bits per heavy atom. The highest BCUT2D eigenvalue weighted by Gasteiger charge is 2.35. The summed E-state index contributed by atoms with van der Waals surface area (Å²) in [6.45, 7) is 6.86. The second kappa shape index (κ2) is 11.7. The van der Waals surface area contributed by atoms with E-state index in [1.807, 2.05) is 12.4 Å². The number of fused-ring (bicyclic) bond motifs is 1. The molecule has 0 aliphatic carbocycles. The van der Waals surface area contributed by atoms with E-state index in [1.54, 1.807) is 36.1 Å². The van der Waals surface area contributed by atoms with Gasteiger partial charge in [-0.25, -0.2) is 15.0 Å². The van der Waals surface area contributed by atoms with Crippen molar-refractivity contribution in [2.75, 3.05) is 53.0 Å². The van der Waals surface area contributed by atoms with Crippen molar-refractivity contribution in [3.63, 3.8) is 0 Å². The third-order valence-electron chi connectivity index (χ3n) is 6.64. The quantitative estimate of drug-likeness (QED) is 0.394. The Kier molecular flexibility index (Phi) is 8.39. The lowest BCUT2D eigenvalue weighted by Gasteiger charge is -2.46. The summed E-state index contributed by atoms with van der Waals surface area (Å²) in [5.74, 6) is 0. The zero-order chi connectivity index (χ0) is 23.3. The molecule has 2 saturated heterocycles. The van der Waals surface area contributed by atoms with E-state index in [-0.39, 0.29) is 11.7 Å². The van der Waals surface area contributed by atoms with Gasteiger partial charge in [-0.15, -0.1) is 22.7 Å². The molecular formula is C23H31ClN6O2S2. The maximum Gasteiger partial charge on any atom is 0.143 e. The van der Waals surface area contributed by atoms with Crippen LogP contribution in [0.5, 0.6) is 0 Å². The van der Waals surface area contributed by atoms with Crippen molar-refractivity contribution >= 4 is 44.5 Å². The van der Waals surface area contributed by atoms with Gasteiger partial charge in [0, 0.05) is 68.5 Å². The van der Waals surface area contributed by atoms with Crippen molar-refractivity contribution in [2.24, 2.45) is 0 Å². The highest BCUT2D eigenvalue weighted by atomic mass is 35.5. The Morgan fingerprint density at radius 3 is 2.88 bits per heavy atom. The number of alkyl halides is 1. The molecule has 0 N–H and O–H groups in total. The van der Waals surface area contributed by atoms with Crippen LogP contribution in [-0.2, 0) is 16.0 Å². The van der Waals surface area contributed by atoms with E-state index in [1.165, 1.54) is 9.88 Å². The molecule has 2 unspecified atom stereocenters. The van der Waals surface area contributed by atoms with Gasteiger partial charge in [0.2, 0.25) is 0 Å². The van der Waals surface area contributed by atoms with Gasteiger partial charge in [0.1, 0.15) is 16.9 Å². The van der Waals surface area contributed by atoms with E-state index in [0.717, 1.165) is 68.9 Å². The summed E-state index contributed by atoms with van der Waals surface area (Å²) in [4.78, 5) is 22.1. The molecule has 0 aromatic carbocycles. The summed E-state index contributed by atoms with van der Waals surface area (Å²) < 4.78 is 12.2. The Morgan fingerprint density at radius 2 is 2.15 bits per heavy atom. The van der Waals surface area contributed by atoms with Gasteiger partial charge in [0.15, 0.2) is 0 Å². The normalized spacial score (nSPS) is 22.0. The first-order valence-corrected chi connectivity index (χ1v) is 13.9. The zero-order valence-electron chi connectivity index (χ0n) is 19.4. The third-order valence-corrected chi connectivity index (χ3v) is 8.76. The highest BCUT2D eigenvalue weighted by molar-refractivity contribution is 7.19. The highest BCUT2D eigenvalue weighted by Crippen LogP contribution is 2.37. The van der Waals surface area contributed by atoms with Crippen molar-refractivity contribution in [1.29, 1.82) is 0 Å². The van der Waals surface area contributed by atoms with Crippen molar-refractivity contribution in [2.45, 2.75) is 37.2 Å². The van der Waals surface area contributed by atoms with E-state index in [9.17, 15) is 0 Å². The Labute approximate surface area is 213 Å². The Hall–Kier alpha value is -1.24. The second-order valence-corrected chi connectivity index (χ2v) is 11.3. The van der Waals surface area contributed by atoms with Crippen LogP contribution in [0.4, 0.5) is 0 Å². The molecule has 5 heterocycles. The number of likely N-dealkylation sites (tertiary alicyclic amines) is 1. The van der Waals surface area contributed by atoms with Crippen molar-refractivity contribution in [1.82, 2.24) is 29.7 Å². The van der Waals surface area contributed by atoms with Crippen LogP contribution in [-0.4, -0.2) is 94.3 Å². The lowest BCUT2D eigenvalue weighted by Crippen LogP contribution is -2.52. The summed E-state index contributed by atoms with van der Waals surface area (Å²) in [6.07, 6.45) is 7.84. The first kappa shape index (κ1) is 24.5. The number of ether oxygens (including phenoxy) is 2. The van der Waals surface area contributed by atoms with E-state index in [4.69, 9.17) is 21.1 Å². The van der Waals surface area contributed by atoms with Crippen LogP contribution < -0.4 is 0 Å². The van der Waals surface area contributed by atoms with Crippen LogP contribution in [0.2, 0.25) is 0 Å². The summed E-state index contributed by atoms with van der Waals surface area (Å²) >= 11 is 9.93. The molecule has 8 nitrogen and oxygen atoms in total. The number of morpholine rings is 1. The van der Waals surface area contributed by atoms with Gasteiger partial charge < -0.3 is 9.47 Å². The number of aromatic nitrogens is 3. The maximum atomic E-state index is 6.42. The van der Waals surface area contributed by atoms with Gasteiger partial charge in [-0.2, -0.15) is 0 Å². The number of methoxy groups -OCH3 is 1. The lowest BCUT2D eigenvalue weighted by atomic mass is 10.0. The molecule has 184 valence electrons. The largest absolute Gasteiger partial charge is 0.383 e. The molecule has 2 aliphatic rings. The molecule has 5 rings (SSSR count). The minimum absolute atomic E-state index is 0.177. The smallest absolute Gasteiger partial charge is 0.143 e.